The molecule has 1 aromatic carbocycles. The summed E-state index contributed by atoms with van der Waals surface area (Å²) >= 11 is 0. The van der Waals surface area contributed by atoms with Crippen molar-refractivity contribution in [3.8, 4) is 11.3 Å². The quantitative estimate of drug-likeness (QED) is 0.852. The molecule has 3 heteroatoms. The second kappa shape index (κ2) is 4.97. The first-order valence-electron chi connectivity index (χ1n) is 7.45. The van der Waals surface area contributed by atoms with Gasteiger partial charge in [-0.1, -0.05) is 44.5 Å². The molecule has 1 fully saturated rings. The average molecular weight is 269 g/mol. The minimum Gasteiger partial charge on any atom is -0.382 e. The second-order valence-corrected chi connectivity index (χ2v) is 6.79. The maximum atomic E-state index is 5.65. The van der Waals surface area contributed by atoms with Crippen LogP contribution in [0, 0.1) is 5.41 Å². The highest BCUT2D eigenvalue weighted by atomic mass is 15.2. The number of hydrogen-bond donors (Lipinski definition) is 2. The van der Waals surface area contributed by atoms with Crippen molar-refractivity contribution in [3.05, 3.63) is 35.9 Å². The van der Waals surface area contributed by atoms with Gasteiger partial charge in [0.15, 0.2) is 0 Å². The Kier molecular flexibility index (Phi) is 3.28. The predicted octanol–water partition coefficient (Wildman–Crippen LogP) is 4.34. The van der Waals surface area contributed by atoms with E-state index in [-0.39, 0.29) is 0 Å². The maximum Gasteiger partial charge on any atom is 0.145 e. The molecule has 20 heavy (non-hydrogen) atoms. The third kappa shape index (κ3) is 2.72. The SMILES string of the molecule is CC1(C)CCCC(c2ccc(-c3cc(N)n[nH]3)cc2)C1. The number of anilines is 1. The molecule has 1 aromatic heterocycles. The van der Waals surface area contributed by atoms with Gasteiger partial charge in [-0.2, -0.15) is 5.10 Å². The number of nitrogens with two attached hydrogens (primary N) is 1. The van der Waals surface area contributed by atoms with Crippen LogP contribution in [0.4, 0.5) is 5.82 Å². The molecule has 3 rings (SSSR count). The molecule has 0 bridgehead atoms. The predicted molar refractivity (Wildman–Crippen MR) is 83.4 cm³/mol. The second-order valence-electron chi connectivity index (χ2n) is 6.79. The van der Waals surface area contributed by atoms with Crippen LogP contribution in [0.5, 0.6) is 0 Å². The Labute approximate surface area is 120 Å². The standard InChI is InChI=1S/C17H23N3/c1-17(2)9-3-4-14(11-17)12-5-7-13(8-6-12)15-10-16(18)20-19-15/h5-8,10,14H,3-4,9,11H2,1-2H3,(H3,18,19,20). The van der Waals surface area contributed by atoms with E-state index in [9.17, 15) is 0 Å². The summed E-state index contributed by atoms with van der Waals surface area (Å²) < 4.78 is 0. The Morgan fingerprint density at radius 2 is 2.00 bits per heavy atom. The number of nitrogen functional groups attached to an aromatic ring is 1. The first-order chi connectivity index (χ1) is 9.53. The molecule has 0 amide bonds. The highest BCUT2D eigenvalue weighted by Gasteiger charge is 2.28. The van der Waals surface area contributed by atoms with Crippen LogP contribution in [-0.2, 0) is 0 Å². The maximum absolute atomic E-state index is 5.65. The van der Waals surface area contributed by atoms with Crippen molar-refractivity contribution >= 4 is 5.82 Å². The van der Waals surface area contributed by atoms with Crippen molar-refractivity contribution in [1.82, 2.24) is 10.2 Å². The highest BCUT2D eigenvalue weighted by molar-refractivity contribution is 5.62. The summed E-state index contributed by atoms with van der Waals surface area (Å²) in [6, 6.07) is 10.7. The normalized spacial score (nSPS) is 21.8. The Hall–Kier alpha value is -1.77. The summed E-state index contributed by atoms with van der Waals surface area (Å²) in [5, 5.41) is 6.94. The summed E-state index contributed by atoms with van der Waals surface area (Å²) in [5.41, 5.74) is 9.73. The number of benzene rings is 1. The van der Waals surface area contributed by atoms with Gasteiger partial charge in [-0.15, -0.1) is 0 Å². The van der Waals surface area contributed by atoms with Gasteiger partial charge in [0.1, 0.15) is 5.82 Å². The number of nitrogens with one attached hydrogen (secondary N) is 1. The number of rotatable bonds is 2. The molecule has 1 aliphatic rings. The molecule has 1 aliphatic carbocycles. The van der Waals surface area contributed by atoms with E-state index in [0.717, 1.165) is 11.3 Å². The van der Waals surface area contributed by atoms with E-state index in [1.165, 1.54) is 31.2 Å². The van der Waals surface area contributed by atoms with Gasteiger partial charge < -0.3 is 5.73 Å². The zero-order valence-corrected chi connectivity index (χ0v) is 12.3. The van der Waals surface area contributed by atoms with E-state index in [0.29, 0.717) is 17.2 Å². The number of aromatic amines is 1. The lowest BCUT2D eigenvalue weighted by atomic mass is 9.70. The van der Waals surface area contributed by atoms with Gasteiger partial charge in [0.05, 0.1) is 5.69 Å². The summed E-state index contributed by atoms with van der Waals surface area (Å²) in [4.78, 5) is 0. The van der Waals surface area contributed by atoms with Crippen LogP contribution in [0.3, 0.4) is 0 Å². The number of H-pyrrole nitrogens is 1. The molecular weight excluding hydrogens is 246 g/mol. The van der Waals surface area contributed by atoms with Gasteiger partial charge in [0.2, 0.25) is 0 Å². The smallest absolute Gasteiger partial charge is 0.145 e. The van der Waals surface area contributed by atoms with Crippen molar-refractivity contribution < 1.29 is 0 Å². The lowest BCUT2D eigenvalue weighted by Gasteiger charge is -2.35. The third-order valence-corrected chi connectivity index (χ3v) is 4.50. The molecule has 1 unspecified atom stereocenters. The summed E-state index contributed by atoms with van der Waals surface area (Å²) in [5.74, 6) is 1.25. The molecule has 0 spiro atoms. The van der Waals surface area contributed by atoms with E-state index in [1.807, 2.05) is 6.07 Å². The first kappa shape index (κ1) is 13.2. The van der Waals surface area contributed by atoms with E-state index >= 15 is 0 Å². The Bertz CT molecular complexity index is 581. The monoisotopic (exact) mass is 269 g/mol. The minimum absolute atomic E-state index is 0.486. The van der Waals surface area contributed by atoms with Crippen LogP contribution in [-0.4, -0.2) is 10.2 Å². The van der Waals surface area contributed by atoms with Crippen molar-refractivity contribution in [2.45, 2.75) is 45.4 Å². The molecule has 0 aliphatic heterocycles. The highest BCUT2D eigenvalue weighted by Crippen LogP contribution is 2.43. The van der Waals surface area contributed by atoms with Crippen molar-refractivity contribution in [2.24, 2.45) is 5.41 Å². The van der Waals surface area contributed by atoms with Gasteiger partial charge in [-0.3, -0.25) is 5.10 Å². The molecule has 3 nitrogen and oxygen atoms in total. The fourth-order valence-corrected chi connectivity index (χ4v) is 3.40. The zero-order chi connectivity index (χ0) is 14.2. The van der Waals surface area contributed by atoms with Crippen LogP contribution >= 0.6 is 0 Å². The van der Waals surface area contributed by atoms with Gasteiger partial charge >= 0.3 is 0 Å². The summed E-state index contributed by atoms with van der Waals surface area (Å²) in [6.07, 6.45) is 5.31. The number of aromatic nitrogens is 2. The van der Waals surface area contributed by atoms with Crippen molar-refractivity contribution in [3.63, 3.8) is 0 Å². The van der Waals surface area contributed by atoms with E-state index in [1.54, 1.807) is 0 Å². The number of nitrogens with zero attached hydrogens (tertiary/aromatic N) is 1. The fourth-order valence-electron chi connectivity index (χ4n) is 3.40. The van der Waals surface area contributed by atoms with Gasteiger partial charge in [0, 0.05) is 6.07 Å². The van der Waals surface area contributed by atoms with E-state index in [2.05, 4.69) is 48.3 Å². The molecule has 0 saturated heterocycles. The molecule has 1 saturated carbocycles. The third-order valence-electron chi connectivity index (χ3n) is 4.50. The lowest BCUT2D eigenvalue weighted by molar-refractivity contribution is 0.219. The summed E-state index contributed by atoms with van der Waals surface area (Å²) in [7, 11) is 0. The van der Waals surface area contributed by atoms with E-state index in [4.69, 9.17) is 5.73 Å². The van der Waals surface area contributed by atoms with Crippen molar-refractivity contribution in [2.75, 3.05) is 5.73 Å². The first-order valence-corrected chi connectivity index (χ1v) is 7.45. The molecule has 0 radical (unpaired) electrons. The molecular formula is C17H23N3. The Morgan fingerprint density at radius 3 is 2.60 bits per heavy atom. The zero-order valence-electron chi connectivity index (χ0n) is 12.3. The van der Waals surface area contributed by atoms with Crippen LogP contribution in [0.25, 0.3) is 11.3 Å². The van der Waals surface area contributed by atoms with Crippen LogP contribution in [0.2, 0.25) is 0 Å². The largest absolute Gasteiger partial charge is 0.382 e. The van der Waals surface area contributed by atoms with Crippen LogP contribution < -0.4 is 5.73 Å². The van der Waals surface area contributed by atoms with Crippen molar-refractivity contribution in [1.29, 1.82) is 0 Å². The Balaban J connectivity index is 1.79. The van der Waals surface area contributed by atoms with Gasteiger partial charge in [-0.05, 0) is 41.7 Å². The molecule has 3 N–H and O–H groups in total. The molecule has 1 heterocycles. The van der Waals surface area contributed by atoms with E-state index < -0.39 is 0 Å². The van der Waals surface area contributed by atoms with Gasteiger partial charge in [0.25, 0.3) is 0 Å². The Morgan fingerprint density at radius 1 is 1.25 bits per heavy atom. The fraction of sp³-hybridized carbons (Fsp3) is 0.471. The minimum atomic E-state index is 0.486. The molecule has 2 aromatic rings. The molecule has 1 atom stereocenters. The topological polar surface area (TPSA) is 54.7 Å². The van der Waals surface area contributed by atoms with Crippen LogP contribution in [0.1, 0.15) is 51.0 Å². The van der Waals surface area contributed by atoms with Gasteiger partial charge in [-0.25, -0.2) is 0 Å². The number of hydrogen-bond acceptors (Lipinski definition) is 2. The average Bonchev–Trinajstić information content (AvgIpc) is 2.84. The lowest BCUT2D eigenvalue weighted by Crippen LogP contribution is -2.21. The van der Waals surface area contributed by atoms with Crippen LogP contribution in [0.15, 0.2) is 30.3 Å². The molecule has 106 valence electrons. The summed E-state index contributed by atoms with van der Waals surface area (Å²) in [6.45, 7) is 4.78.